The molecule has 1 aromatic heterocycles. The van der Waals surface area contributed by atoms with E-state index in [1.54, 1.807) is 23.3 Å². The van der Waals surface area contributed by atoms with Crippen LogP contribution in [0.4, 0.5) is 0 Å². The zero-order valence-electron chi connectivity index (χ0n) is 27.1. The summed E-state index contributed by atoms with van der Waals surface area (Å²) in [6.45, 7) is 14.4. The highest BCUT2D eigenvalue weighted by molar-refractivity contribution is 7.98. The number of hydrogen-bond acceptors (Lipinski definition) is 7. The van der Waals surface area contributed by atoms with E-state index < -0.39 is 12.0 Å². The molecule has 0 saturated heterocycles. The Hall–Kier alpha value is -3.88. The Morgan fingerprint density at radius 2 is 1.60 bits per heavy atom. The fourth-order valence-corrected chi connectivity index (χ4v) is 6.99. The van der Waals surface area contributed by atoms with Crippen LogP contribution in [-0.4, -0.2) is 28.5 Å². The van der Waals surface area contributed by atoms with Crippen molar-refractivity contribution in [3.8, 4) is 5.75 Å². The molecule has 1 unspecified atom stereocenters. The van der Waals surface area contributed by atoms with Crippen LogP contribution in [0.5, 0.6) is 5.75 Å². The first kappa shape index (κ1) is 32.5. The maximum absolute atomic E-state index is 14.4. The number of hydrogen-bond donors (Lipinski definition) is 1. The highest BCUT2D eigenvalue weighted by atomic mass is 32.2. The Morgan fingerprint density at radius 3 is 2.13 bits per heavy atom. The van der Waals surface area contributed by atoms with E-state index in [4.69, 9.17) is 9.73 Å². The minimum atomic E-state index is -0.733. The SMILES string of the molecule is CCOC(=O)C1=C(c2ccccc2)N=c2s/c(=C/c3cc(C(C)(C)C)c(O)c(C(C)(C)C)c3)c(=O)n2C1c1ccc(SC)cc1. The average molecular weight is 641 g/mol. The third-order valence-corrected chi connectivity index (χ3v) is 9.58. The minimum Gasteiger partial charge on any atom is -0.507 e. The number of nitrogens with zero attached hydrogens (tertiary/aromatic N) is 2. The predicted octanol–water partition coefficient (Wildman–Crippen LogP) is 6.96. The van der Waals surface area contributed by atoms with Gasteiger partial charge in [-0.3, -0.25) is 9.36 Å². The number of thioether (sulfide) groups is 1. The van der Waals surface area contributed by atoms with E-state index in [2.05, 4.69) is 41.5 Å². The van der Waals surface area contributed by atoms with E-state index in [1.807, 2.05) is 79.1 Å². The zero-order valence-corrected chi connectivity index (χ0v) is 28.7. The molecular weight excluding hydrogens is 601 g/mol. The van der Waals surface area contributed by atoms with Crippen LogP contribution in [0.25, 0.3) is 11.8 Å². The van der Waals surface area contributed by atoms with Crippen LogP contribution in [0, 0.1) is 0 Å². The van der Waals surface area contributed by atoms with Gasteiger partial charge >= 0.3 is 5.97 Å². The zero-order chi connectivity index (χ0) is 32.7. The molecular formula is C37H40N2O4S2. The molecule has 3 aromatic carbocycles. The van der Waals surface area contributed by atoms with E-state index in [0.717, 1.165) is 32.7 Å². The fraction of sp³-hybridized carbons (Fsp3) is 0.324. The Morgan fingerprint density at radius 1 is 1.00 bits per heavy atom. The van der Waals surface area contributed by atoms with Crippen LogP contribution in [-0.2, 0) is 20.4 Å². The number of fused-ring (bicyclic) bond motifs is 1. The average Bonchev–Trinajstić information content (AvgIpc) is 3.30. The number of carbonyl (C=O) groups is 1. The van der Waals surface area contributed by atoms with Crippen LogP contribution in [0.15, 0.2) is 87.0 Å². The number of benzene rings is 3. The van der Waals surface area contributed by atoms with Crippen LogP contribution in [0.2, 0.25) is 0 Å². The molecule has 8 heteroatoms. The molecule has 1 N–H and O–H groups in total. The molecule has 1 atom stereocenters. The third kappa shape index (κ3) is 6.44. The van der Waals surface area contributed by atoms with Crippen molar-refractivity contribution < 1.29 is 14.6 Å². The summed E-state index contributed by atoms with van der Waals surface area (Å²) in [7, 11) is 0. The molecule has 45 heavy (non-hydrogen) atoms. The summed E-state index contributed by atoms with van der Waals surface area (Å²) in [5, 5.41) is 11.3. The second-order valence-electron chi connectivity index (χ2n) is 13.2. The van der Waals surface area contributed by atoms with Gasteiger partial charge < -0.3 is 9.84 Å². The van der Waals surface area contributed by atoms with Crippen LogP contribution >= 0.6 is 23.1 Å². The molecule has 0 aliphatic carbocycles. The number of esters is 1. The summed E-state index contributed by atoms with van der Waals surface area (Å²) in [5.74, 6) is -0.217. The van der Waals surface area contributed by atoms with Crippen molar-refractivity contribution in [2.45, 2.75) is 70.2 Å². The van der Waals surface area contributed by atoms with Gasteiger partial charge in [-0.05, 0) is 65.5 Å². The van der Waals surface area contributed by atoms with Crippen molar-refractivity contribution in [1.29, 1.82) is 0 Å². The molecule has 1 aliphatic heterocycles. The van der Waals surface area contributed by atoms with E-state index in [0.29, 0.717) is 20.6 Å². The van der Waals surface area contributed by atoms with Crippen LogP contribution in [0.1, 0.15) is 82.3 Å². The number of aromatic nitrogens is 1. The van der Waals surface area contributed by atoms with Gasteiger partial charge in [0.25, 0.3) is 5.56 Å². The molecule has 1 aliphatic rings. The summed E-state index contributed by atoms with van der Waals surface area (Å²) < 4.78 is 7.70. The molecule has 5 rings (SSSR count). The summed E-state index contributed by atoms with van der Waals surface area (Å²) in [6, 6.07) is 20.7. The molecule has 234 valence electrons. The Balaban J connectivity index is 1.83. The topological polar surface area (TPSA) is 80.9 Å². The highest BCUT2D eigenvalue weighted by Gasteiger charge is 2.35. The van der Waals surface area contributed by atoms with Gasteiger partial charge in [-0.1, -0.05) is 95.3 Å². The second-order valence-corrected chi connectivity index (χ2v) is 15.1. The molecule has 4 aromatic rings. The van der Waals surface area contributed by atoms with Crippen molar-refractivity contribution in [2.24, 2.45) is 4.99 Å². The molecule has 0 bridgehead atoms. The Labute approximate surface area is 272 Å². The molecule has 0 fully saturated rings. The van der Waals surface area contributed by atoms with Gasteiger partial charge in [0.1, 0.15) is 5.75 Å². The number of carbonyl (C=O) groups excluding carboxylic acids is 1. The number of ether oxygens (including phenoxy) is 1. The molecule has 6 nitrogen and oxygen atoms in total. The van der Waals surface area contributed by atoms with Crippen molar-refractivity contribution in [2.75, 3.05) is 12.9 Å². The van der Waals surface area contributed by atoms with Gasteiger partial charge in [-0.25, -0.2) is 9.79 Å². The van der Waals surface area contributed by atoms with E-state index in [9.17, 15) is 14.7 Å². The number of phenolic OH excluding ortho intramolecular Hbond substituents is 1. The van der Waals surface area contributed by atoms with Gasteiger partial charge in [0.05, 0.1) is 28.5 Å². The van der Waals surface area contributed by atoms with Gasteiger partial charge in [-0.15, -0.1) is 11.8 Å². The lowest BCUT2D eigenvalue weighted by Gasteiger charge is -2.27. The Bertz CT molecular complexity index is 1920. The van der Waals surface area contributed by atoms with Gasteiger partial charge in [0.15, 0.2) is 4.80 Å². The lowest BCUT2D eigenvalue weighted by Crippen LogP contribution is -2.40. The lowest BCUT2D eigenvalue weighted by molar-refractivity contribution is -0.138. The summed E-state index contributed by atoms with van der Waals surface area (Å²) in [6.07, 6.45) is 3.88. The quantitative estimate of drug-likeness (QED) is 0.182. The number of phenols is 1. The fourth-order valence-electron chi connectivity index (χ4n) is 5.58. The summed E-state index contributed by atoms with van der Waals surface area (Å²) >= 11 is 2.92. The van der Waals surface area contributed by atoms with E-state index in [-0.39, 0.29) is 28.7 Å². The number of rotatable bonds is 6. The summed E-state index contributed by atoms with van der Waals surface area (Å²) in [5.41, 5.74) is 3.97. The Kier molecular flexibility index (Phi) is 9.02. The normalized spacial score (nSPS) is 15.6. The first-order valence-electron chi connectivity index (χ1n) is 15.0. The summed E-state index contributed by atoms with van der Waals surface area (Å²) in [4.78, 5) is 34.6. The second kappa shape index (κ2) is 12.5. The van der Waals surface area contributed by atoms with Crippen molar-refractivity contribution in [1.82, 2.24) is 4.57 Å². The molecule has 0 amide bonds. The van der Waals surface area contributed by atoms with Crippen LogP contribution < -0.4 is 14.9 Å². The van der Waals surface area contributed by atoms with Gasteiger partial charge in [0, 0.05) is 21.6 Å². The number of thiazole rings is 1. The van der Waals surface area contributed by atoms with E-state index in [1.165, 1.54) is 11.3 Å². The maximum Gasteiger partial charge on any atom is 0.338 e. The minimum absolute atomic E-state index is 0.194. The van der Waals surface area contributed by atoms with Crippen molar-refractivity contribution in [3.05, 3.63) is 120 Å². The van der Waals surface area contributed by atoms with E-state index >= 15 is 0 Å². The largest absolute Gasteiger partial charge is 0.507 e. The molecule has 0 spiro atoms. The van der Waals surface area contributed by atoms with Gasteiger partial charge in [-0.2, -0.15) is 0 Å². The van der Waals surface area contributed by atoms with Crippen molar-refractivity contribution in [3.63, 3.8) is 0 Å². The maximum atomic E-state index is 14.4. The first-order valence-corrected chi connectivity index (χ1v) is 17.1. The van der Waals surface area contributed by atoms with Crippen LogP contribution in [0.3, 0.4) is 0 Å². The predicted molar refractivity (Wildman–Crippen MR) is 185 cm³/mol. The number of aromatic hydroxyl groups is 1. The monoisotopic (exact) mass is 640 g/mol. The standard InChI is InChI=1S/C37H40N2O4S2/c1-9-43-34(42)29-30(23-13-11-10-12-14-23)38-35-39(31(29)24-15-17-25(44-8)18-16-24)33(41)28(45-35)21-22-19-26(36(2,3)4)32(40)27(20-22)37(5,6)7/h10-21,31,40H,9H2,1-8H3/b28-21+. The smallest absolute Gasteiger partial charge is 0.338 e. The third-order valence-electron chi connectivity index (χ3n) is 7.85. The highest BCUT2D eigenvalue weighted by Crippen LogP contribution is 2.40. The molecule has 0 radical (unpaired) electrons. The molecule has 2 heterocycles. The van der Waals surface area contributed by atoms with Gasteiger partial charge in [0.2, 0.25) is 0 Å². The lowest BCUT2D eigenvalue weighted by atomic mass is 9.78. The van der Waals surface area contributed by atoms with Crippen molar-refractivity contribution >= 4 is 40.8 Å². The first-order chi connectivity index (χ1) is 21.2. The molecule has 0 saturated carbocycles.